The SMILES string of the molecule is Cc1ccc(NC(C)C(=O)N2CCC(C)CC2)cc1. The van der Waals surface area contributed by atoms with Crippen LogP contribution >= 0.6 is 0 Å². The highest BCUT2D eigenvalue weighted by molar-refractivity contribution is 5.84. The van der Waals surface area contributed by atoms with E-state index in [4.69, 9.17) is 0 Å². The van der Waals surface area contributed by atoms with E-state index < -0.39 is 0 Å². The summed E-state index contributed by atoms with van der Waals surface area (Å²) in [7, 11) is 0. The fraction of sp³-hybridized carbons (Fsp3) is 0.562. The Bertz CT molecular complexity index is 419. The second-order valence-electron chi connectivity index (χ2n) is 5.74. The van der Waals surface area contributed by atoms with Gasteiger partial charge in [-0.1, -0.05) is 24.6 Å². The van der Waals surface area contributed by atoms with E-state index >= 15 is 0 Å². The van der Waals surface area contributed by atoms with E-state index in [2.05, 4.69) is 31.3 Å². The molecule has 104 valence electrons. The summed E-state index contributed by atoms with van der Waals surface area (Å²) >= 11 is 0. The van der Waals surface area contributed by atoms with E-state index in [1.54, 1.807) is 0 Å². The van der Waals surface area contributed by atoms with Crippen LogP contribution in [0.3, 0.4) is 0 Å². The van der Waals surface area contributed by atoms with Gasteiger partial charge in [0.15, 0.2) is 0 Å². The number of nitrogens with one attached hydrogen (secondary N) is 1. The highest BCUT2D eigenvalue weighted by atomic mass is 16.2. The molecular formula is C16H24N2O. The molecule has 1 aromatic carbocycles. The first-order chi connectivity index (χ1) is 9.06. The molecular weight excluding hydrogens is 236 g/mol. The molecule has 0 bridgehead atoms. The van der Waals surface area contributed by atoms with Crippen molar-refractivity contribution in [1.29, 1.82) is 0 Å². The van der Waals surface area contributed by atoms with E-state index in [9.17, 15) is 4.79 Å². The Balaban J connectivity index is 1.90. The monoisotopic (exact) mass is 260 g/mol. The van der Waals surface area contributed by atoms with Crippen molar-refractivity contribution in [2.45, 2.75) is 39.7 Å². The summed E-state index contributed by atoms with van der Waals surface area (Å²) < 4.78 is 0. The molecule has 1 unspecified atom stereocenters. The number of aryl methyl sites for hydroxylation is 1. The van der Waals surface area contributed by atoms with Crippen LogP contribution in [-0.2, 0) is 4.79 Å². The van der Waals surface area contributed by atoms with Crippen LogP contribution in [0.15, 0.2) is 24.3 Å². The predicted octanol–water partition coefficient (Wildman–Crippen LogP) is 3.05. The van der Waals surface area contributed by atoms with Crippen molar-refractivity contribution >= 4 is 11.6 Å². The third kappa shape index (κ3) is 3.72. The Kier molecular flexibility index (Phi) is 4.46. The molecule has 3 heteroatoms. The van der Waals surface area contributed by atoms with E-state index in [1.807, 2.05) is 24.0 Å². The standard InChI is InChI=1S/C16H24N2O/c1-12-4-6-15(7-5-12)17-14(3)16(19)18-10-8-13(2)9-11-18/h4-7,13-14,17H,8-11H2,1-3H3. The van der Waals surface area contributed by atoms with Crippen LogP contribution in [0.25, 0.3) is 0 Å². The molecule has 1 aromatic rings. The summed E-state index contributed by atoms with van der Waals surface area (Å²) in [5.41, 5.74) is 2.24. The first-order valence-corrected chi connectivity index (χ1v) is 7.18. The maximum atomic E-state index is 12.3. The topological polar surface area (TPSA) is 32.3 Å². The molecule has 1 heterocycles. The fourth-order valence-corrected chi connectivity index (χ4v) is 2.46. The quantitative estimate of drug-likeness (QED) is 0.906. The van der Waals surface area contributed by atoms with Crippen molar-refractivity contribution in [3.63, 3.8) is 0 Å². The number of amides is 1. The van der Waals surface area contributed by atoms with E-state index in [1.165, 1.54) is 5.56 Å². The van der Waals surface area contributed by atoms with Gasteiger partial charge in [0.05, 0.1) is 0 Å². The number of hydrogen-bond acceptors (Lipinski definition) is 2. The van der Waals surface area contributed by atoms with Crippen LogP contribution in [-0.4, -0.2) is 29.9 Å². The highest BCUT2D eigenvalue weighted by Crippen LogP contribution is 2.17. The van der Waals surface area contributed by atoms with Gasteiger partial charge in [-0.3, -0.25) is 4.79 Å². The smallest absolute Gasteiger partial charge is 0.244 e. The molecule has 1 aliphatic heterocycles. The third-order valence-corrected chi connectivity index (χ3v) is 3.90. The summed E-state index contributed by atoms with van der Waals surface area (Å²) in [5.74, 6) is 0.969. The van der Waals surface area contributed by atoms with Crippen LogP contribution in [0.5, 0.6) is 0 Å². The molecule has 0 aromatic heterocycles. The van der Waals surface area contributed by atoms with E-state index in [0.717, 1.165) is 37.5 Å². The number of carbonyl (C=O) groups is 1. The molecule has 1 atom stereocenters. The number of likely N-dealkylation sites (tertiary alicyclic amines) is 1. The Morgan fingerprint density at radius 1 is 1.26 bits per heavy atom. The number of anilines is 1. The first-order valence-electron chi connectivity index (χ1n) is 7.18. The fourth-order valence-electron chi connectivity index (χ4n) is 2.46. The van der Waals surface area contributed by atoms with Crippen molar-refractivity contribution in [3.8, 4) is 0 Å². The van der Waals surface area contributed by atoms with Gasteiger partial charge >= 0.3 is 0 Å². The summed E-state index contributed by atoms with van der Waals surface area (Å²) in [4.78, 5) is 14.3. The zero-order valence-corrected chi connectivity index (χ0v) is 12.1. The van der Waals surface area contributed by atoms with Gasteiger partial charge in [0, 0.05) is 18.8 Å². The number of benzene rings is 1. The van der Waals surface area contributed by atoms with Crippen LogP contribution in [0.4, 0.5) is 5.69 Å². The minimum atomic E-state index is -0.156. The minimum absolute atomic E-state index is 0.156. The molecule has 19 heavy (non-hydrogen) atoms. The zero-order chi connectivity index (χ0) is 13.8. The maximum Gasteiger partial charge on any atom is 0.244 e. The van der Waals surface area contributed by atoms with Gasteiger partial charge in [-0.15, -0.1) is 0 Å². The third-order valence-electron chi connectivity index (χ3n) is 3.90. The van der Waals surface area contributed by atoms with Crippen molar-refractivity contribution in [1.82, 2.24) is 4.90 Å². The Morgan fingerprint density at radius 3 is 2.42 bits per heavy atom. The zero-order valence-electron chi connectivity index (χ0n) is 12.1. The van der Waals surface area contributed by atoms with Crippen LogP contribution in [0, 0.1) is 12.8 Å². The molecule has 0 spiro atoms. The van der Waals surface area contributed by atoms with Gasteiger partial charge in [0.1, 0.15) is 6.04 Å². The molecule has 2 rings (SSSR count). The average molecular weight is 260 g/mol. The first kappa shape index (κ1) is 13.9. The second kappa shape index (κ2) is 6.09. The minimum Gasteiger partial charge on any atom is -0.374 e. The predicted molar refractivity (Wildman–Crippen MR) is 79.2 cm³/mol. The van der Waals surface area contributed by atoms with Crippen molar-refractivity contribution < 1.29 is 4.79 Å². The summed E-state index contributed by atoms with van der Waals surface area (Å²) in [6.07, 6.45) is 2.26. The molecule has 0 saturated carbocycles. The molecule has 1 N–H and O–H groups in total. The number of carbonyl (C=O) groups excluding carboxylic acids is 1. The van der Waals surface area contributed by atoms with Gasteiger partial charge in [-0.05, 0) is 44.7 Å². The molecule has 1 amide bonds. The van der Waals surface area contributed by atoms with Gasteiger partial charge < -0.3 is 10.2 Å². The average Bonchev–Trinajstić information content (AvgIpc) is 2.41. The van der Waals surface area contributed by atoms with E-state index in [0.29, 0.717) is 0 Å². The molecule has 0 aliphatic carbocycles. The van der Waals surface area contributed by atoms with Gasteiger partial charge in [0.2, 0.25) is 5.91 Å². The summed E-state index contributed by atoms with van der Waals surface area (Å²) in [6.45, 7) is 8.07. The Hall–Kier alpha value is -1.51. The van der Waals surface area contributed by atoms with E-state index in [-0.39, 0.29) is 11.9 Å². The van der Waals surface area contributed by atoms with Crippen molar-refractivity contribution in [2.75, 3.05) is 18.4 Å². The lowest BCUT2D eigenvalue weighted by Gasteiger charge is -2.32. The number of rotatable bonds is 3. The number of nitrogens with zero attached hydrogens (tertiary/aromatic N) is 1. The molecule has 1 aliphatic rings. The van der Waals surface area contributed by atoms with Crippen LogP contribution < -0.4 is 5.32 Å². The highest BCUT2D eigenvalue weighted by Gasteiger charge is 2.24. The number of piperidine rings is 1. The lowest BCUT2D eigenvalue weighted by Crippen LogP contribution is -2.45. The van der Waals surface area contributed by atoms with Crippen molar-refractivity contribution in [2.24, 2.45) is 5.92 Å². The lowest BCUT2D eigenvalue weighted by atomic mass is 9.99. The molecule has 3 nitrogen and oxygen atoms in total. The summed E-state index contributed by atoms with van der Waals surface area (Å²) in [5, 5.41) is 3.29. The van der Waals surface area contributed by atoms with Crippen LogP contribution in [0.1, 0.15) is 32.3 Å². The van der Waals surface area contributed by atoms with Gasteiger partial charge in [0.25, 0.3) is 0 Å². The van der Waals surface area contributed by atoms with Gasteiger partial charge in [-0.2, -0.15) is 0 Å². The Labute approximate surface area is 116 Å². The normalized spacial score (nSPS) is 18.2. The molecule has 0 radical (unpaired) electrons. The largest absolute Gasteiger partial charge is 0.374 e. The lowest BCUT2D eigenvalue weighted by molar-refractivity contribution is -0.132. The Morgan fingerprint density at radius 2 is 1.84 bits per heavy atom. The molecule has 1 fully saturated rings. The maximum absolute atomic E-state index is 12.3. The summed E-state index contributed by atoms with van der Waals surface area (Å²) in [6, 6.07) is 8.01. The van der Waals surface area contributed by atoms with Crippen molar-refractivity contribution in [3.05, 3.63) is 29.8 Å². The van der Waals surface area contributed by atoms with Gasteiger partial charge in [-0.25, -0.2) is 0 Å². The number of hydrogen-bond donors (Lipinski definition) is 1. The molecule has 1 saturated heterocycles. The van der Waals surface area contributed by atoms with Crippen LogP contribution in [0.2, 0.25) is 0 Å². The second-order valence-corrected chi connectivity index (χ2v) is 5.74.